The van der Waals surface area contributed by atoms with Crippen molar-refractivity contribution < 1.29 is 18.6 Å². The molecule has 0 aliphatic heterocycles. The summed E-state index contributed by atoms with van der Waals surface area (Å²) in [4.78, 5) is 11.8. The van der Waals surface area contributed by atoms with E-state index in [1.807, 2.05) is 0 Å². The fraction of sp³-hybridized carbons (Fsp3) is 0.462. The number of nitrogens with one attached hydrogen (secondary N) is 1. The first-order chi connectivity index (χ1) is 9.73. The smallest absolute Gasteiger partial charge is 0.409 e. The quantitative estimate of drug-likeness (QED) is 0.581. The zero-order valence-corrected chi connectivity index (χ0v) is 14.4. The zero-order chi connectivity index (χ0) is 16.0. The summed E-state index contributed by atoms with van der Waals surface area (Å²) in [6, 6.07) is 5.43. The summed E-state index contributed by atoms with van der Waals surface area (Å²) < 4.78 is 22.5. The van der Waals surface area contributed by atoms with E-state index in [1.54, 1.807) is 32.9 Å². The summed E-state index contributed by atoms with van der Waals surface area (Å²) in [5, 5.41) is 3.02. The molecule has 0 radical (unpaired) electrons. The van der Waals surface area contributed by atoms with Crippen molar-refractivity contribution in [2.45, 2.75) is 39.3 Å². The summed E-state index contributed by atoms with van der Waals surface area (Å²) in [5.41, 5.74) is 0. The van der Waals surface area contributed by atoms with Crippen LogP contribution in [0.1, 0.15) is 27.2 Å². The lowest BCUT2D eigenvalue weighted by molar-refractivity contribution is -0.149. The third-order valence-corrected chi connectivity index (χ3v) is 4.21. The number of benzene rings is 1. The van der Waals surface area contributed by atoms with Gasteiger partial charge in [0.2, 0.25) is 0 Å². The Morgan fingerprint density at radius 1 is 1.33 bits per heavy atom. The maximum Gasteiger partial charge on any atom is 0.409 e. The van der Waals surface area contributed by atoms with Crippen LogP contribution >= 0.6 is 29.7 Å². The van der Waals surface area contributed by atoms with E-state index in [2.05, 4.69) is 5.09 Å². The molecule has 8 heteroatoms. The first-order valence-corrected chi connectivity index (χ1v) is 9.37. The van der Waals surface area contributed by atoms with Gasteiger partial charge in [0.15, 0.2) is 0 Å². The lowest BCUT2D eigenvalue weighted by Gasteiger charge is -2.21. The average Bonchev–Trinajstić information content (AvgIpc) is 2.37. The molecule has 1 unspecified atom stereocenters. The lowest BCUT2D eigenvalue weighted by atomic mass is 10.2. The Balaban J connectivity index is 2.70. The van der Waals surface area contributed by atoms with Crippen molar-refractivity contribution >= 4 is 35.7 Å². The van der Waals surface area contributed by atoms with Crippen molar-refractivity contribution in [1.82, 2.24) is 5.09 Å². The molecule has 21 heavy (non-hydrogen) atoms. The van der Waals surface area contributed by atoms with Crippen molar-refractivity contribution in [1.29, 1.82) is 0 Å². The topological polar surface area (TPSA) is 64.6 Å². The van der Waals surface area contributed by atoms with Gasteiger partial charge in [0.1, 0.15) is 11.8 Å². The standard InChI is InChI=1S/C13H18Cl2NO4P/c1-4-12(13(17)19-9(2)3)16-21(15,18)20-11-7-5-10(14)6-8-11/h5-9,12H,4H2,1-3H3,(H,16,18)/t12-,21?/m0/s1. The molecular formula is C13H18Cl2NO4P. The predicted molar refractivity (Wildman–Crippen MR) is 84.0 cm³/mol. The predicted octanol–water partition coefficient (Wildman–Crippen LogP) is 4.39. The highest BCUT2D eigenvalue weighted by Crippen LogP contribution is 2.48. The van der Waals surface area contributed by atoms with Crippen LogP contribution in [0.5, 0.6) is 5.75 Å². The van der Waals surface area contributed by atoms with Crippen LogP contribution in [0.3, 0.4) is 0 Å². The van der Waals surface area contributed by atoms with Crippen molar-refractivity contribution in [3.05, 3.63) is 29.3 Å². The molecule has 1 rings (SSSR count). The molecule has 0 fully saturated rings. The fourth-order valence-electron chi connectivity index (χ4n) is 1.47. The van der Waals surface area contributed by atoms with Crippen LogP contribution in [0.25, 0.3) is 0 Å². The van der Waals surface area contributed by atoms with Crippen molar-refractivity contribution in [2.24, 2.45) is 0 Å². The molecule has 5 nitrogen and oxygen atoms in total. The second-order valence-corrected chi connectivity index (χ2v) is 7.77. The third-order valence-electron chi connectivity index (χ3n) is 2.39. The largest absolute Gasteiger partial charge is 0.462 e. The van der Waals surface area contributed by atoms with Gasteiger partial charge in [-0.25, -0.2) is 9.65 Å². The molecule has 1 N–H and O–H groups in total. The maximum atomic E-state index is 12.2. The van der Waals surface area contributed by atoms with Crippen molar-refractivity contribution in [3.8, 4) is 5.75 Å². The average molecular weight is 354 g/mol. The molecule has 2 atom stereocenters. The molecule has 0 aromatic heterocycles. The van der Waals surface area contributed by atoms with Gasteiger partial charge in [-0.15, -0.1) is 0 Å². The molecule has 0 amide bonds. The number of carbonyl (C=O) groups excluding carboxylic acids is 1. The number of halogens is 2. The SMILES string of the molecule is CC[C@H](NP(=O)(Cl)Oc1ccc(Cl)cc1)C(=O)OC(C)C. The number of carbonyl (C=O) groups is 1. The highest BCUT2D eigenvalue weighted by atomic mass is 35.7. The van der Waals surface area contributed by atoms with Gasteiger partial charge in [-0.1, -0.05) is 18.5 Å². The monoisotopic (exact) mass is 353 g/mol. The van der Waals surface area contributed by atoms with Crippen LogP contribution in [-0.2, 0) is 14.1 Å². The minimum Gasteiger partial charge on any atom is -0.462 e. The van der Waals surface area contributed by atoms with Gasteiger partial charge in [0.25, 0.3) is 0 Å². The lowest BCUT2D eigenvalue weighted by Crippen LogP contribution is -2.36. The molecule has 0 bridgehead atoms. The maximum absolute atomic E-state index is 12.2. The highest BCUT2D eigenvalue weighted by molar-refractivity contribution is 7.84. The fourth-order valence-corrected chi connectivity index (χ4v) is 3.29. The molecular weight excluding hydrogens is 336 g/mol. The molecule has 0 aliphatic rings. The summed E-state index contributed by atoms with van der Waals surface area (Å²) >= 11 is 11.6. The summed E-state index contributed by atoms with van der Waals surface area (Å²) in [6.07, 6.45) is 0.104. The normalized spacial score (nSPS) is 15.3. The third kappa shape index (κ3) is 6.70. The van der Waals surface area contributed by atoms with Crippen molar-refractivity contribution in [3.63, 3.8) is 0 Å². The molecule has 0 saturated carbocycles. The van der Waals surface area contributed by atoms with E-state index >= 15 is 0 Å². The summed E-state index contributed by atoms with van der Waals surface area (Å²) in [5.74, 6) is -0.231. The Labute approximate surface area is 134 Å². The second-order valence-electron chi connectivity index (χ2n) is 4.60. The van der Waals surface area contributed by atoms with E-state index in [1.165, 1.54) is 12.1 Å². The molecule has 118 valence electrons. The Morgan fingerprint density at radius 3 is 2.38 bits per heavy atom. The first-order valence-electron chi connectivity index (χ1n) is 6.46. The van der Waals surface area contributed by atoms with E-state index < -0.39 is 18.9 Å². The van der Waals surface area contributed by atoms with Gasteiger partial charge in [-0.05, 0) is 44.5 Å². The van der Waals surface area contributed by atoms with Crippen LogP contribution in [0.2, 0.25) is 5.02 Å². The summed E-state index contributed by atoms with van der Waals surface area (Å²) in [6.45, 7) is 1.49. The highest BCUT2D eigenvalue weighted by Gasteiger charge is 2.30. The van der Waals surface area contributed by atoms with Gasteiger partial charge >= 0.3 is 12.8 Å². The Bertz CT molecular complexity index is 521. The number of rotatable bonds is 7. The minimum absolute atomic E-state index is 0.264. The molecule has 1 aromatic rings. The first kappa shape index (κ1) is 18.3. The van der Waals surface area contributed by atoms with Crippen LogP contribution in [0, 0.1) is 0 Å². The number of hydrogen-bond donors (Lipinski definition) is 1. The van der Waals surface area contributed by atoms with Crippen LogP contribution in [0.4, 0.5) is 0 Å². The number of hydrogen-bond acceptors (Lipinski definition) is 4. The van der Waals surface area contributed by atoms with Gasteiger partial charge in [0.05, 0.1) is 6.10 Å². The Morgan fingerprint density at radius 2 is 1.90 bits per heavy atom. The number of ether oxygens (including phenoxy) is 1. The van der Waals surface area contributed by atoms with Gasteiger partial charge in [-0.3, -0.25) is 4.79 Å². The minimum atomic E-state index is -3.72. The number of esters is 1. The molecule has 0 heterocycles. The zero-order valence-electron chi connectivity index (χ0n) is 12.0. The van der Waals surface area contributed by atoms with Gasteiger partial charge in [-0.2, -0.15) is 0 Å². The van der Waals surface area contributed by atoms with Crippen LogP contribution < -0.4 is 9.61 Å². The molecule has 0 spiro atoms. The van der Waals surface area contributed by atoms with Crippen LogP contribution in [-0.4, -0.2) is 18.1 Å². The van der Waals surface area contributed by atoms with Crippen molar-refractivity contribution in [2.75, 3.05) is 0 Å². The van der Waals surface area contributed by atoms with E-state index in [-0.39, 0.29) is 11.9 Å². The van der Waals surface area contributed by atoms with Gasteiger partial charge < -0.3 is 9.26 Å². The Kier molecular flexibility index (Phi) is 7.01. The van der Waals surface area contributed by atoms with Crippen LogP contribution in [0.15, 0.2) is 24.3 Å². The van der Waals surface area contributed by atoms with E-state index in [0.29, 0.717) is 11.4 Å². The molecule has 0 aliphatic carbocycles. The molecule has 0 saturated heterocycles. The second kappa shape index (κ2) is 8.04. The summed E-state index contributed by atoms with van der Waals surface area (Å²) in [7, 11) is 0. The Hall–Kier alpha value is -0.740. The van der Waals surface area contributed by atoms with E-state index in [4.69, 9.17) is 32.1 Å². The van der Waals surface area contributed by atoms with Gasteiger partial charge in [0, 0.05) is 16.3 Å². The van der Waals surface area contributed by atoms with E-state index in [9.17, 15) is 9.36 Å². The molecule has 1 aromatic carbocycles. The van der Waals surface area contributed by atoms with E-state index in [0.717, 1.165) is 0 Å².